The largest absolute Gasteiger partial charge is 0.310 e. The van der Waals surface area contributed by atoms with E-state index in [9.17, 15) is 0 Å². The average Bonchev–Trinajstić information content (AvgIpc) is 1.88. The first-order chi connectivity index (χ1) is 40.6. The number of rotatable bonds is 9. The summed E-state index contributed by atoms with van der Waals surface area (Å²) in [4.78, 5) is 9.56. The zero-order valence-corrected chi connectivity index (χ0v) is 45.3. The van der Waals surface area contributed by atoms with E-state index in [-0.39, 0.29) is 0 Å². The van der Waals surface area contributed by atoms with E-state index in [1.54, 1.807) is 0 Å². The summed E-state index contributed by atoms with van der Waals surface area (Å²) in [7, 11) is 0. The third kappa shape index (κ3) is 6.58. The van der Waals surface area contributed by atoms with Gasteiger partial charge in [0.05, 0.1) is 50.3 Å². The molecule has 2 aliphatic rings. The molecule has 0 saturated heterocycles. The van der Waals surface area contributed by atoms with Gasteiger partial charge in [-0.2, -0.15) is 0 Å². The molecule has 14 aromatic rings. The van der Waals surface area contributed by atoms with Crippen LogP contribution in [0.15, 0.2) is 315 Å². The smallest absolute Gasteiger partial charge is 0.0742 e. The Morgan fingerprint density at radius 1 is 0.378 bits per heavy atom. The van der Waals surface area contributed by atoms with Crippen molar-refractivity contribution in [2.45, 2.75) is 17.8 Å². The summed E-state index contributed by atoms with van der Waals surface area (Å²) in [5.41, 5.74) is 18.6. The highest BCUT2D eigenvalue weighted by atomic mass is 15.2. The van der Waals surface area contributed by atoms with E-state index in [1.165, 1.54) is 87.6 Å². The van der Waals surface area contributed by atoms with E-state index in [0.29, 0.717) is 0 Å². The van der Waals surface area contributed by atoms with Gasteiger partial charge in [-0.25, -0.2) is 0 Å². The molecule has 0 amide bonds. The van der Waals surface area contributed by atoms with Gasteiger partial charge in [-0.3, -0.25) is 4.98 Å². The molecule has 0 N–H and O–H groups in total. The van der Waals surface area contributed by atoms with Gasteiger partial charge >= 0.3 is 0 Å². The Labute approximate surface area is 477 Å². The van der Waals surface area contributed by atoms with Crippen LogP contribution in [0.4, 0.5) is 28.4 Å². The Kier molecular flexibility index (Phi) is 10.7. The standard InChI is InChI=1S/C78H54N4/c1-3-4-34-67-52(2)77(55-23-9-5-10-24-55,56-25-11-6-12-26-56)64-32-18-21-36-71(64)81(67)69-44-40-53-39-43-62-70(45-41-54-38-42-61(69)75(53)76(54)62)82-72-37-22-19-33-65(72)78(57-27-13-7-14-28-57,58-29-15-8-16-30-58)66-50-63-60-31-17-20-35-68(60)80(73(63)51-74(66)82)59-46-48-79-49-47-59/h3-51H,1H2,2H3/b34-4-. The highest BCUT2D eigenvalue weighted by Crippen LogP contribution is 2.61. The molecule has 386 valence electrons. The van der Waals surface area contributed by atoms with Gasteiger partial charge in [0.15, 0.2) is 0 Å². The van der Waals surface area contributed by atoms with Crippen molar-refractivity contribution in [1.82, 2.24) is 9.55 Å². The lowest BCUT2D eigenvalue weighted by atomic mass is 9.62. The number of hydrogen-bond acceptors (Lipinski definition) is 3. The highest BCUT2D eigenvalue weighted by Gasteiger charge is 2.48. The Hall–Kier alpha value is -10.6. The molecule has 0 saturated carbocycles. The maximum atomic E-state index is 4.47. The van der Waals surface area contributed by atoms with Crippen molar-refractivity contribution >= 4 is 82.6 Å². The molecule has 16 rings (SSSR count). The van der Waals surface area contributed by atoms with Crippen LogP contribution < -0.4 is 9.80 Å². The molecule has 0 atom stereocenters. The van der Waals surface area contributed by atoms with Crippen LogP contribution in [-0.4, -0.2) is 9.55 Å². The summed E-state index contributed by atoms with van der Waals surface area (Å²) in [6.07, 6.45) is 10.0. The van der Waals surface area contributed by atoms with Gasteiger partial charge in [0.2, 0.25) is 0 Å². The van der Waals surface area contributed by atoms with Crippen LogP contribution in [-0.2, 0) is 10.8 Å². The fourth-order valence-corrected chi connectivity index (χ4v) is 14.7. The topological polar surface area (TPSA) is 24.3 Å². The molecule has 0 spiro atoms. The van der Waals surface area contributed by atoms with E-state index in [4.69, 9.17) is 0 Å². The molecule has 0 unspecified atom stereocenters. The molecule has 4 heteroatoms. The number of anilines is 5. The average molecular weight is 1050 g/mol. The lowest BCUT2D eigenvalue weighted by molar-refractivity contribution is 0.698. The maximum absolute atomic E-state index is 4.47. The highest BCUT2D eigenvalue weighted by molar-refractivity contribution is 6.28. The second kappa shape index (κ2) is 18.5. The molecule has 0 fully saturated rings. The van der Waals surface area contributed by atoms with Gasteiger partial charge in [-0.15, -0.1) is 0 Å². The van der Waals surface area contributed by atoms with E-state index in [2.05, 4.69) is 312 Å². The summed E-state index contributed by atoms with van der Waals surface area (Å²) < 4.78 is 2.42. The lowest BCUT2D eigenvalue weighted by Gasteiger charge is -2.47. The first-order valence-corrected chi connectivity index (χ1v) is 28.3. The third-order valence-electron chi connectivity index (χ3n) is 18.0. The molecule has 2 aromatic heterocycles. The number of hydrogen-bond donors (Lipinski definition) is 0. The van der Waals surface area contributed by atoms with Gasteiger partial charge in [-0.05, 0) is 134 Å². The Morgan fingerprint density at radius 2 is 0.854 bits per heavy atom. The van der Waals surface area contributed by atoms with Crippen molar-refractivity contribution in [3.8, 4) is 5.69 Å². The van der Waals surface area contributed by atoms with Gasteiger partial charge in [0.25, 0.3) is 0 Å². The molecule has 0 radical (unpaired) electrons. The minimum absolute atomic E-state index is 0.576. The van der Waals surface area contributed by atoms with Crippen LogP contribution in [0, 0.1) is 0 Å². The fraction of sp³-hybridized carbons (Fsp3) is 0.0385. The minimum Gasteiger partial charge on any atom is -0.310 e. The Balaban J connectivity index is 0.989. The number of aromatic nitrogens is 2. The van der Waals surface area contributed by atoms with Gasteiger partial charge < -0.3 is 14.4 Å². The first kappa shape index (κ1) is 47.4. The molecule has 4 nitrogen and oxygen atoms in total. The predicted molar refractivity (Wildman–Crippen MR) is 342 cm³/mol. The number of benzene rings is 12. The van der Waals surface area contributed by atoms with Gasteiger partial charge in [0, 0.05) is 45.3 Å². The molecular weight excluding hydrogens is 993 g/mol. The zero-order valence-electron chi connectivity index (χ0n) is 45.3. The quantitative estimate of drug-likeness (QED) is 0.106. The first-order valence-electron chi connectivity index (χ1n) is 28.3. The summed E-state index contributed by atoms with van der Waals surface area (Å²) in [6.45, 7) is 6.52. The molecule has 12 aromatic carbocycles. The van der Waals surface area contributed by atoms with Crippen molar-refractivity contribution < 1.29 is 0 Å². The minimum atomic E-state index is -0.690. The predicted octanol–water partition coefficient (Wildman–Crippen LogP) is 19.7. The molecule has 82 heavy (non-hydrogen) atoms. The van der Waals surface area contributed by atoms with E-state index in [1.807, 2.05) is 18.5 Å². The summed E-state index contributed by atoms with van der Waals surface area (Å²) >= 11 is 0. The third-order valence-corrected chi connectivity index (χ3v) is 18.0. The molecular formula is C78H54N4. The van der Waals surface area contributed by atoms with Gasteiger partial charge in [0.1, 0.15) is 0 Å². The SMILES string of the molecule is C=C/C=C\C1=C(C)C(c2ccccc2)(c2ccccc2)c2ccccc2N1c1ccc2ccc3c(N4c5ccccc5C(c5ccccc5)(c5ccccc5)c5cc6c7ccccc7n(-c7ccncc7)c6cc54)ccc4ccc1c2c43. The second-order valence-corrected chi connectivity index (χ2v) is 21.8. The van der Waals surface area contributed by atoms with Crippen molar-refractivity contribution in [2.75, 3.05) is 9.80 Å². The van der Waals surface area contributed by atoms with Gasteiger partial charge in [-0.1, -0.05) is 231 Å². The second-order valence-electron chi connectivity index (χ2n) is 21.8. The van der Waals surface area contributed by atoms with E-state index < -0.39 is 10.8 Å². The zero-order chi connectivity index (χ0) is 54.5. The fourth-order valence-electron chi connectivity index (χ4n) is 14.7. The van der Waals surface area contributed by atoms with E-state index in [0.717, 1.165) is 50.9 Å². The number of nitrogens with zero attached hydrogens (tertiary/aromatic N) is 4. The molecule has 2 aliphatic heterocycles. The number of allylic oxidation sites excluding steroid dienone is 4. The number of pyridine rings is 1. The van der Waals surface area contributed by atoms with Crippen LogP contribution in [0.2, 0.25) is 0 Å². The van der Waals surface area contributed by atoms with Crippen LogP contribution in [0.3, 0.4) is 0 Å². The summed E-state index contributed by atoms with van der Waals surface area (Å²) in [5.74, 6) is 0. The Morgan fingerprint density at radius 3 is 1.43 bits per heavy atom. The van der Waals surface area contributed by atoms with Crippen LogP contribution in [0.1, 0.15) is 45.9 Å². The van der Waals surface area contributed by atoms with Crippen LogP contribution in [0.25, 0.3) is 59.8 Å². The maximum Gasteiger partial charge on any atom is 0.0742 e. The Bertz CT molecular complexity index is 4810. The van der Waals surface area contributed by atoms with Crippen molar-refractivity contribution in [3.05, 3.63) is 354 Å². The van der Waals surface area contributed by atoms with Crippen molar-refractivity contribution in [3.63, 3.8) is 0 Å². The number of fused-ring (bicyclic) bond motifs is 6. The summed E-state index contributed by atoms with van der Waals surface area (Å²) in [6, 6.07) is 99.4. The monoisotopic (exact) mass is 1050 g/mol. The molecule has 0 aliphatic carbocycles. The van der Waals surface area contributed by atoms with Crippen LogP contribution in [0.5, 0.6) is 0 Å². The summed E-state index contributed by atoms with van der Waals surface area (Å²) in [5, 5.41) is 9.62. The lowest BCUT2D eigenvalue weighted by Crippen LogP contribution is -2.39. The van der Waals surface area contributed by atoms with Crippen molar-refractivity contribution in [2.24, 2.45) is 0 Å². The molecule has 0 bridgehead atoms. The van der Waals surface area contributed by atoms with Crippen molar-refractivity contribution in [1.29, 1.82) is 0 Å². The van der Waals surface area contributed by atoms with Crippen LogP contribution >= 0.6 is 0 Å². The normalized spacial score (nSPS) is 14.5. The molecule has 4 heterocycles. The van der Waals surface area contributed by atoms with E-state index >= 15 is 0 Å². The number of para-hydroxylation sites is 3.